The van der Waals surface area contributed by atoms with E-state index in [0.717, 1.165) is 11.1 Å². The van der Waals surface area contributed by atoms with Crippen LogP contribution >= 0.6 is 47.2 Å². The molecule has 1 saturated heterocycles. The van der Waals surface area contributed by atoms with E-state index in [1.54, 1.807) is 23.1 Å². The Bertz CT molecular complexity index is 879. The van der Waals surface area contributed by atoms with Gasteiger partial charge in [0.05, 0.1) is 4.91 Å². The summed E-state index contributed by atoms with van der Waals surface area (Å²) in [5.41, 5.74) is 1.61. The molecule has 7 heteroatoms. The number of halogens is 2. The van der Waals surface area contributed by atoms with E-state index < -0.39 is 0 Å². The molecule has 0 aromatic heterocycles. The van der Waals surface area contributed by atoms with E-state index in [1.807, 2.05) is 37.3 Å². The molecule has 3 rings (SSSR count). The largest absolute Gasteiger partial charge is 0.489 e. The van der Waals surface area contributed by atoms with E-state index in [0.29, 0.717) is 31.6 Å². The highest BCUT2D eigenvalue weighted by molar-refractivity contribution is 8.26. The minimum atomic E-state index is -0.0586. The van der Waals surface area contributed by atoms with Crippen molar-refractivity contribution in [2.75, 3.05) is 6.54 Å². The van der Waals surface area contributed by atoms with Gasteiger partial charge in [-0.25, -0.2) is 0 Å². The van der Waals surface area contributed by atoms with Gasteiger partial charge in [0.15, 0.2) is 0 Å². The lowest BCUT2D eigenvalue weighted by Crippen LogP contribution is -2.27. The zero-order chi connectivity index (χ0) is 18.7. The predicted octanol–water partition coefficient (Wildman–Crippen LogP) is 5.79. The van der Waals surface area contributed by atoms with Crippen molar-refractivity contribution in [2.24, 2.45) is 0 Å². The first kappa shape index (κ1) is 19.2. The first-order valence-corrected chi connectivity index (χ1v) is 9.88. The highest BCUT2D eigenvalue weighted by atomic mass is 35.5. The Morgan fingerprint density at radius 3 is 2.54 bits per heavy atom. The molecule has 1 heterocycles. The summed E-state index contributed by atoms with van der Waals surface area (Å²) in [7, 11) is 0. The third-order valence-electron chi connectivity index (χ3n) is 3.79. The van der Waals surface area contributed by atoms with Crippen LogP contribution in [0.15, 0.2) is 47.4 Å². The second kappa shape index (κ2) is 8.44. The maximum Gasteiger partial charge on any atom is 0.266 e. The minimum absolute atomic E-state index is 0.0586. The third-order valence-corrected chi connectivity index (χ3v) is 5.88. The van der Waals surface area contributed by atoms with Gasteiger partial charge in [-0.2, -0.15) is 0 Å². The number of carbonyl (C=O) groups excluding carboxylic acids is 1. The fourth-order valence-corrected chi connectivity index (χ4v) is 4.33. The molecule has 0 atom stereocenters. The molecule has 1 aliphatic heterocycles. The Morgan fingerprint density at radius 1 is 1.19 bits per heavy atom. The molecular weight excluding hydrogens is 409 g/mol. The number of ether oxygens (including phenoxy) is 1. The van der Waals surface area contributed by atoms with Crippen LogP contribution in [0.2, 0.25) is 10.0 Å². The van der Waals surface area contributed by atoms with E-state index in [2.05, 4.69) is 0 Å². The topological polar surface area (TPSA) is 29.5 Å². The first-order valence-electron chi connectivity index (χ1n) is 7.90. The molecule has 1 fully saturated rings. The van der Waals surface area contributed by atoms with Crippen molar-refractivity contribution in [2.45, 2.75) is 13.5 Å². The van der Waals surface area contributed by atoms with Crippen molar-refractivity contribution in [3.05, 3.63) is 68.5 Å². The summed E-state index contributed by atoms with van der Waals surface area (Å²) in [5, 5.41) is 1.13. The van der Waals surface area contributed by atoms with Crippen molar-refractivity contribution < 1.29 is 9.53 Å². The van der Waals surface area contributed by atoms with E-state index in [1.165, 1.54) is 11.8 Å². The highest BCUT2D eigenvalue weighted by Gasteiger charge is 2.30. The van der Waals surface area contributed by atoms with Gasteiger partial charge in [0.25, 0.3) is 5.91 Å². The van der Waals surface area contributed by atoms with Crippen molar-refractivity contribution in [3.8, 4) is 5.75 Å². The van der Waals surface area contributed by atoms with Gasteiger partial charge in [-0.3, -0.25) is 9.69 Å². The van der Waals surface area contributed by atoms with Crippen molar-refractivity contribution in [1.29, 1.82) is 0 Å². The monoisotopic (exact) mass is 423 g/mol. The first-order chi connectivity index (χ1) is 12.5. The van der Waals surface area contributed by atoms with Gasteiger partial charge in [-0.05, 0) is 42.8 Å². The lowest BCUT2D eigenvalue weighted by Gasteiger charge is -2.10. The summed E-state index contributed by atoms with van der Waals surface area (Å²) < 4.78 is 6.41. The summed E-state index contributed by atoms with van der Waals surface area (Å²) in [6.45, 7) is 2.74. The average molecular weight is 424 g/mol. The Balaban J connectivity index is 1.76. The van der Waals surface area contributed by atoms with Crippen LogP contribution in [0.1, 0.15) is 18.1 Å². The Hall–Kier alpha value is -1.53. The molecule has 0 unspecified atom stereocenters. The van der Waals surface area contributed by atoms with E-state index in [4.69, 9.17) is 40.2 Å². The molecular formula is C19H15Cl2NO2S2. The molecule has 26 heavy (non-hydrogen) atoms. The van der Waals surface area contributed by atoms with Crippen LogP contribution in [0.4, 0.5) is 0 Å². The number of thiocarbonyl (C=S) groups is 1. The summed E-state index contributed by atoms with van der Waals surface area (Å²) >= 11 is 18.9. The Kier molecular flexibility index (Phi) is 6.24. The maximum absolute atomic E-state index is 12.3. The summed E-state index contributed by atoms with van der Waals surface area (Å²) in [4.78, 5) is 14.5. The Morgan fingerprint density at radius 2 is 1.88 bits per heavy atom. The smallest absolute Gasteiger partial charge is 0.266 e. The molecule has 3 nitrogen and oxygen atoms in total. The fraction of sp³-hybridized carbons (Fsp3) is 0.158. The summed E-state index contributed by atoms with van der Waals surface area (Å²) in [5.74, 6) is 0.609. The molecule has 0 N–H and O–H groups in total. The minimum Gasteiger partial charge on any atom is -0.489 e. The fourth-order valence-electron chi connectivity index (χ4n) is 2.44. The quantitative estimate of drug-likeness (QED) is 0.449. The number of thioether (sulfide) groups is 1. The molecule has 2 aromatic carbocycles. The summed E-state index contributed by atoms with van der Waals surface area (Å²) in [6.07, 6.45) is 1.82. The second-order valence-electron chi connectivity index (χ2n) is 5.49. The van der Waals surface area contributed by atoms with Gasteiger partial charge in [0.2, 0.25) is 0 Å². The zero-order valence-corrected chi connectivity index (χ0v) is 17.0. The lowest BCUT2D eigenvalue weighted by molar-refractivity contribution is -0.121. The number of amides is 1. The Labute approximate surface area is 171 Å². The summed E-state index contributed by atoms with van der Waals surface area (Å²) in [6, 6.07) is 12.8. The zero-order valence-electron chi connectivity index (χ0n) is 13.9. The van der Waals surface area contributed by atoms with Crippen LogP contribution < -0.4 is 4.74 Å². The van der Waals surface area contributed by atoms with Crippen molar-refractivity contribution in [1.82, 2.24) is 4.90 Å². The van der Waals surface area contributed by atoms with Crippen LogP contribution in [-0.4, -0.2) is 21.7 Å². The van der Waals surface area contributed by atoms with E-state index in [9.17, 15) is 4.79 Å². The molecule has 134 valence electrons. The predicted molar refractivity (Wildman–Crippen MR) is 113 cm³/mol. The van der Waals surface area contributed by atoms with Gasteiger partial charge >= 0.3 is 0 Å². The van der Waals surface area contributed by atoms with Gasteiger partial charge in [0.1, 0.15) is 16.7 Å². The molecule has 0 bridgehead atoms. The number of carbonyl (C=O) groups is 1. The number of benzene rings is 2. The van der Waals surface area contributed by atoms with Crippen LogP contribution in [0.3, 0.4) is 0 Å². The number of nitrogens with zero attached hydrogens (tertiary/aromatic N) is 1. The normalized spacial score (nSPS) is 15.8. The lowest BCUT2D eigenvalue weighted by atomic mass is 10.2. The van der Waals surface area contributed by atoms with Gasteiger partial charge in [-0.15, -0.1) is 0 Å². The standard InChI is InChI=1S/C19H15Cl2NO2S2/c1-2-22-18(23)17(26-19(22)25)10-12-5-3-6-13(9-12)24-11-14-15(20)7-4-8-16(14)21/h3-10H,2,11H2,1H3/b17-10+. The third kappa shape index (κ3) is 4.23. The molecule has 1 aliphatic rings. The van der Waals surface area contributed by atoms with Crippen LogP contribution in [0.25, 0.3) is 6.08 Å². The average Bonchev–Trinajstić information content (AvgIpc) is 2.88. The van der Waals surface area contributed by atoms with Crippen LogP contribution in [0, 0.1) is 0 Å². The molecule has 1 amide bonds. The highest BCUT2D eigenvalue weighted by Crippen LogP contribution is 2.33. The number of likely N-dealkylation sites (N-methyl/N-ethyl adjacent to an activating group) is 1. The van der Waals surface area contributed by atoms with Crippen molar-refractivity contribution in [3.63, 3.8) is 0 Å². The number of hydrogen-bond donors (Lipinski definition) is 0. The second-order valence-corrected chi connectivity index (χ2v) is 7.98. The molecule has 0 aliphatic carbocycles. The maximum atomic E-state index is 12.3. The molecule has 0 saturated carbocycles. The number of hydrogen-bond acceptors (Lipinski definition) is 4. The van der Waals surface area contributed by atoms with E-state index in [-0.39, 0.29) is 12.5 Å². The molecule has 2 aromatic rings. The molecule has 0 radical (unpaired) electrons. The van der Waals surface area contributed by atoms with Gasteiger partial charge < -0.3 is 4.74 Å². The van der Waals surface area contributed by atoms with Gasteiger partial charge in [0, 0.05) is 22.2 Å². The van der Waals surface area contributed by atoms with E-state index >= 15 is 0 Å². The SMILES string of the molecule is CCN1C(=O)/C(=C\c2cccc(OCc3c(Cl)cccc3Cl)c2)SC1=S. The van der Waals surface area contributed by atoms with Gasteiger partial charge in [-0.1, -0.05) is 65.4 Å². The molecule has 0 spiro atoms. The van der Waals surface area contributed by atoms with Crippen LogP contribution in [-0.2, 0) is 11.4 Å². The van der Waals surface area contributed by atoms with Crippen LogP contribution in [0.5, 0.6) is 5.75 Å². The van der Waals surface area contributed by atoms with Crippen molar-refractivity contribution >= 4 is 63.5 Å². The number of rotatable bonds is 5.